The van der Waals surface area contributed by atoms with Crippen molar-refractivity contribution in [2.45, 2.75) is 25.0 Å². The van der Waals surface area contributed by atoms with Crippen molar-refractivity contribution in [3.8, 4) is 0 Å². The van der Waals surface area contributed by atoms with E-state index < -0.39 is 0 Å². The summed E-state index contributed by atoms with van der Waals surface area (Å²) in [4.78, 5) is 10.6. The van der Waals surface area contributed by atoms with Crippen LogP contribution in [0.4, 0.5) is 0 Å². The maximum atomic E-state index is 10.6. The van der Waals surface area contributed by atoms with E-state index in [0.29, 0.717) is 6.04 Å². The number of hydrogen-bond donors (Lipinski definition) is 2. The molecular formula is C7H13NO3. The quantitative estimate of drug-likeness (QED) is 0.533. The molecule has 0 aliphatic heterocycles. The van der Waals surface area contributed by atoms with E-state index >= 15 is 0 Å². The number of nitrogens with one attached hydrogen (secondary N) is 1. The van der Waals surface area contributed by atoms with Crippen LogP contribution in [0.2, 0.25) is 0 Å². The highest BCUT2D eigenvalue weighted by molar-refractivity contribution is 5.71. The molecule has 4 nitrogen and oxygen atoms in total. The second-order valence-corrected chi connectivity index (χ2v) is 2.78. The van der Waals surface area contributed by atoms with Crippen LogP contribution in [0.15, 0.2) is 0 Å². The third-order valence-corrected chi connectivity index (χ3v) is 1.88. The van der Waals surface area contributed by atoms with Crippen molar-refractivity contribution in [1.82, 2.24) is 5.32 Å². The van der Waals surface area contributed by atoms with Crippen LogP contribution in [0.25, 0.3) is 0 Å². The highest BCUT2D eigenvalue weighted by Gasteiger charge is 2.26. The Bertz CT molecular complexity index is 143. The van der Waals surface area contributed by atoms with Gasteiger partial charge in [-0.1, -0.05) is 0 Å². The Kier molecular flexibility index (Phi) is 2.84. The number of aliphatic hydroxyl groups is 1. The predicted octanol–water partition coefficient (Wildman–Crippen LogP) is -0.728. The summed E-state index contributed by atoms with van der Waals surface area (Å²) in [5, 5.41) is 11.9. The summed E-state index contributed by atoms with van der Waals surface area (Å²) in [6.07, 6.45) is 1.32. The van der Waals surface area contributed by atoms with Crippen LogP contribution in [0, 0.1) is 0 Å². The van der Waals surface area contributed by atoms with E-state index in [2.05, 4.69) is 10.1 Å². The Morgan fingerprint density at radius 2 is 2.36 bits per heavy atom. The second kappa shape index (κ2) is 3.69. The van der Waals surface area contributed by atoms with Crippen LogP contribution >= 0.6 is 0 Å². The monoisotopic (exact) mass is 159 g/mol. The second-order valence-electron chi connectivity index (χ2n) is 2.78. The molecular weight excluding hydrogens is 146 g/mol. The fourth-order valence-electron chi connectivity index (χ4n) is 1.05. The molecule has 0 aromatic heterocycles. The highest BCUT2D eigenvalue weighted by Crippen LogP contribution is 2.18. The molecule has 0 atom stereocenters. The van der Waals surface area contributed by atoms with Gasteiger partial charge in [0.2, 0.25) is 0 Å². The van der Waals surface area contributed by atoms with Gasteiger partial charge in [-0.25, -0.2) is 0 Å². The van der Waals surface area contributed by atoms with Crippen LogP contribution in [-0.4, -0.2) is 36.9 Å². The Balaban J connectivity index is 2.00. The first kappa shape index (κ1) is 8.49. The number of carbonyl (C=O) groups excluding carboxylic acids is 1. The van der Waals surface area contributed by atoms with Gasteiger partial charge in [-0.2, -0.15) is 0 Å². The fourth-order valence-corrected chi connectivity index (χ4v) is 1.05. The molecule has 0 amide bonds. The van der Waals surface area contributed by atoms with Crippen molar-refractivity contribution in [3.05, 3.63) is 0 Å². The number of ether oxygens (including phenoxy) is 1. The van der Waals surface area contributed by atoms with Crippen LogP contribution in [-0.2, 0) is 9.53 Å². The van der Waals surface area contributed by atoms with Gasteiger partial charge in [-0.15, -0.1) is 0 Å². The molecule has 1 fully saturated rings. The number of aliphatic hydroxyl groups excluding tert-OH is 1. The minimum absolute atomic E-state index is 0.176. The zero-order valence-electron chi connectivity index (χ0n) is 6.54. The molecule has 1 rings (SSSR count). The lowest BCUT2D eigenvalue weighted by Crippen LogP contribution is -2.46. The molecule has 0 spiro atoms. The van der Waals surface area contributed by atoms with Gasteiger partial charge in [0.1, 0.15) is 0 Å². The molecule has 1 aliphatic carbocycles. The summed E-state index contributed by atoms with van der Waals surface area (Å²) < 4.78 is 4.43. The molecule has 0 radical (unpaired) electrons. The number of carbonyl (C=O) groups is 1. The van der Waals surface area contributed by atoms with Crippen LogP contribution in [0.3, 0.4) is 0 Å². The van der Waals surface area contributed by atoms with Gasteiger partial charge in [-0.05, 0) is 12.8 Å². The average molecular weight is 159 g/mol. The lowest BCUT2D eigenvalue weighted by atomic mass is 9.90. The minimum Gasteiger partial charge on any atom is -0.468 e. The number of rotatable bonds is 3. The molecule has 0 saturated heterocycles. The Morgan fingerprint density at radius 3 is 2.82 bits per heavy atom. The molecule has 0 heterocycles. The molecule has 4 heteroatoms. The summed E-state index contributed by atoms with van der Waals surface area (Å²) >= 11 is 0. The summed E-state index contributed by atoms with van der Waals surface area (Å²) in [5.41, 5.74) is 0. The zero-order chi connectivity index (χ0) is 8.27. The van der Waals surface area contributed by atoms with Crippen LogP contribution < -0.4 is 5.32 Å². The summed E-state index contributed by atoms with van der Waals surface area (Å²) in [7, 11) is 1.36. The van der Waals surface area contributed by atoms with Crippen molar-refractivity contribution in [2.24, 2.45) is 0 Å². The van der Waals surface area contributed by atoms with Gasteiger partial charge in [-0.3, -0.25) is 4.79 Å². The Labute approximate surface area is 65.5 Å². The van der Waals surface area contributed by atoms with Crippen molar-refractivity contribution in [1.29, 1.82) is 0 Å². The molecule has 0 aromatic carbocycles. The minimum atomic E-state index is -0.258. The van der Waals surface area contributed by atoms with Gasteiger partial charge in [0.05, 0.1) is 19.8 Å². The summed E-state index contributed by atoms with van der Waals surface area (Å²) in [6, 6.07) is 0.295. The highest BCUT2D eigenvalue weighted by atomic mass is 16.5. The standard InChI is InChI=1S/C7H13NO3/c1-11-7(10)4-8-5-2-6(9)3-5/h5-6,8-9H,2-4H2,1H3. The molecule has 11 heavy (non-hydrogen) atoms. The largest absolute Gasteiger partial charge is 0.468 e. The van der Waals surface area contributed by atoms with Crippen LogP contribution in [0.5, 0.6) is 0 Å². The van der Waals surface area contributed by atoms with Crippen molar-refractivity contribution >= 4 is 5.97 Å². The Morgan fingerprint density at radius 1 is 1.73 bits per heavy atom. The SMILES string of the molecule is COC(=O)CNC1CC(O)C1. The lowest BCUT2D eigenvalue weighted by Gasteiger charge is -2.31. The third-order valence-electron chi connectivity index (χ3n) is 1.88. The molecule has 2 N–H and O–H groups in total. The normalized spacial score (nSPS) is 29.3. The van der Waals surface area contributed by atoms with Crippen molar-refractivity contribution in [2.75, 3.05) is 13.7 Å². The molecule has 1 aliphatic rings. The lowest BCUT2D eigenvalue weighted by molar-refractivity contribution is -0.140. The smallest absolute Gasteiger partial charge is 0.319 e. The summed E-state index contributed by atoms with van der Waals surface area (Å²) in [6.45, 7) is 0.244. The van der Waals surface area contributed by atoms with E-state index in [1.165, 1.54) is 7.11 Å². The van der Waals surface area contributed by atoms with E-state index in [9.17, 15) is 4.79 Å². The van der Waals surface area contributed by atoms with Gasteiger partial charge >= 0.3 is 5.97 Å². The van der Waals surface area contributed by atoms with E-state index in [4.69, 9.17) is 5.11 Å². The van der Waals surface area contributed by atoms with E-state index in [1.807, 2.05) is 0 Å². The average Bonchev–Trinajstić information content (AvgIpc) is 1.95. The van der Waals surface area contributed by atoms with E-state index in [0.717, 1.165) is 12.8 Å². The fraction of sp³-hybridized carbons (Fsp3) is 0.857. The molecule has 0 unspecified atom stereocenters. The molecule has 64 valence electrons. The van der Waals surface area contributed by atoms with Gasteiger partial charge in [0.15, 0.2) is 0 Å². The number of esters is 1. The van der Waals surface area contributed by atoms with E-state index in [-0.39, 0.29) is 18.6 Å². The predicted molar refractivity (Wildman–Crippen MR) is 39.0 cm³/mol. The van der Waals surface area contributed by atoms with Crippen molar-refractivity contribution < 1.29 is 14.6 Å². The maximum absolute atomic E-state index is 10.6. The topological polar surface area (TPSA) is 58.6 Å². The summed E-state index contributed by atoms with van der Waals surface area (Å²) in [5.74, 6) is -0.258. The number of methoxy groups -OCH3 is 1. The first-order chi connectivity index (χ1) is 5.22. The zero-order valence-corrected chi connectivity index (χ0v) is 6.54. The van der Waals surface area contributed by atoms with Crippen LogP contribution in [0.1, 0.15) is 12.8 Å². The number of hydrogen-bond acceptors (Lipinski definition) is 4. The van der Waals surface area contributed by atoms with Crippen molar-refractivity contribution in [3.63, 3.8) is 0 Å². The molecule has 0 aromatic rings. The van der Waals surface area contributed by atoms with Gasteiger partial charge < -0.3 is 15.2 Å². The van der Waals surface area contributed by atoms with Gasteiger partial charge in [0.25, 0.3) is 0 Å². The Hall–Kier alpha value is -0.610. The first-order valence-electron chi connectivity index (χ1n) is 3.70. The third kappa shape index (κ3) is 2.48. The van der Waals surface area contributed by atoms with Gasteiger partial charge in [0, 0.05) is 6.04 Å². The molecule has 0 bridgehead atoms. The van der Waals surface area contributed by atoms with E-state index in [1.54, 1.807) is 0 Å². The maximum Gasteiger partial charge on any atom is 0.319 e. The first-order valence-corrected chi connectivity index (χ1v) is 3.70. The molecule has 1 saturated carbocycles.